The predicted molar refractivity (Wildman–Crippen MR) is 135 cm³/mol. The number of aryl methyl sites for hydroxylation is 1. The third-order valence-corrected chi connectivity index (χ3v) is 6.83. The van der Waals surface area contributed by atoms with E-state index in [1.165, 1.54) is 12.1 Å². The van der Waals surface area contributed by atoms with Crippen molar-refractivity contribution in [2.75, 3.05) is 16.8 Å². The Morgan fingerprint density at radius 3 is 2.64 bits per heavy atom. The van der Waals surface area contributed by atoms with Gasteiger partial charge < -0.3 is 15.1 Å². The molecule has 0 radical (unpaired) electrons. The summed E-state index contributed by atoms with van der Waals surface area (Å²) < 4.78 is 16.0. The molecule has 1 atom stereocenters. The summed E-state index contributed by atoms with van der Waals surface area (Å²) in [7, 11) is 1.85. The highest BCUT2D eigenvalue weighted by atomic mass is 19.1. The van der Waals surface area contributed by atoms with Crippen molar-refractivity contribution in [1.29, 1.82) is 0 Å². The second-order valence-corrected chi connectivity index (χ2v) is 9.18. The van der Waals surface area contributed by atoms with Crippen LogP contribution in [0.1, 0.15) is 21.5 Å². The van der Waals surface area contributed by atoms with Crippen LogP contribution in [0.2, 0.25) is 0 Å². The van der Waals surface area contributed by atoms with Crippen LogP contribution >= 0.6 is 0 Å². The number of aromatic nitrogens is 2. The second-order valence-electron chi connectivity index (χ2n) is 9.18. The van der Waals surface area contributed by atoms with Crippen LogP contribution in [0.3, 0.4) is 0 Å². The molecule has 2 aliphatic heterocycles. The third kappa shape index (κ3) is 3.80. The minimum atomic E-state index is -0.745. The number of anilines is 2. The molecule has 0 saturated heterocycles. The number of fused-ring (bicyclic) bond motifs is 2. The smallest absolute Gasteiger partial charge is 0.255 e. The Morgan fingerprint density at radius 2 is 1.86 bits per heavy atom. The van der Waals surface area contributed by atoms with E-state index in [1.807, 2.05) is 61.8 Å². The molecule has 3 heterocycles. The van der Waals surface area contributed by atoms with Crippen LogP contribution in [0.15, 0.2) is 79.1 Å². The van der Waals surface area contributed by atoms with E-state index >= 15 is 0 Å². The van der Waals surface area contributed by atoms with Gasteiger partial charge in [0.05, 0.1) is 24.1 Å². The maximum Gasteiger partial charge on any atom is 0.255 e. The number of hydrogen-bond donors (Lipinski definition) is 1. The number of benzene rings is 3. The van der Waals surface area contributed by atoms with E-state index in [1.54, 1.807) is 26.7 Å². The Hall–Kier alpha value is -4.46. The van der Waals surface area contributed by atoms with Crippen molar-refractivity contribution in [3.63, 3.8) is 0 Å². The molecule has 2 aliphatic rings. The van der Waals surface area contributed by atoms with E-state index < -0.39 is 11.9 Å². The van der Waals surface area contributed by atoms with E-state index in [0.717, 1.165) is 22.3 Å². The monoisotopic (exact) mass is 481 g/mol. The molecule has 0 spiro atoms. The molecule has 0 bridgehead atoms. The van der Waals surface area contributed by atoms with Crippen LogP contribution < -0.4 is 10.2 Å². The summed E-state index contributed by atoms with van der Waals surface area (Å²) in [5.74, 6) is -0.857. The van der Waals surface area contributed by atoms with Crippen LogP contribution in [0.5, 0.6) is 0 Å². The Balaban J connectivity index is 1.34. The number of hydrogen-bond acceptors (Lipinski definition) is 4. The molecule has 0 unspecified atom stereocenters. The van der Waals surface area contributed by atoms with Crippen LogP contribution in [0.25, 0.3) is 11.1 Å². The van der Waals surface area contributed by atoms with Gasteiger partial charge in [-0.1, -0.05) is 42.5 Å². The first-order valence-electron chi connectivity index (χ1n) is 11.8. The van der Waals surface area contributed by atoms with Gasteiger partial charge >= 0.3 is 0 Å². The zero-order valence-corrected chi connectivity index (χ0v) is 19.7. The highest BCUT2D eigenvalue weighted by molar-refractivity contribution is 6.07. The molecule has 1 N–H and O–H groups in total. The molecular weight excluding hydrogens is 457 g/mol. The van der Waals surface area contributed by atoms with E-state index in [4.69, 9.17) is 0 Å². The van der Waals surface area contributed by atoms with Crippen LogP contribution in [0.4, 0.5) is 15.8 Å². The Labute approximate surface area is 207 Å². The lowest BCUT2D eigenvalue weighted by Crippen LogP contribution is -2.50. The minimum Gasteiger partial charge on any atom is -0.381 e. The summed E-state index contributed by atoms with van der Waals surface area (Å²) in [4.78, 5) is 30.7. The average Bonchev–Trinajstić information content (AvgIpc) is 3.43. The van der Waals surface area contributed by atoms with Gasteiger partial charge in [0.1, 0.15) is 11.9 Å². The van der Waals surface area contributed by atoms with Crippen molar-refractivity contribution in [3.8, 4) is 11.1 Å². The van der Waals surface area contributed by atoms with Gasteiger partial charge in [-0.15, -0.1) is 0 Å². The maximum absolute atomic E-state index is 14.2. The Kier molecular flexibility index (Phi) is 5.29. The highest BCUT2D eigenvalue weighted by Crippen LogP contribution is 2.35. The van der Waals surface area contributed by atoms with Gasteiger partial charge in [0.15, 0.2) is 0 Å². The van der Waals surface area contributed by atoms with Crippen LogP contribution in [-0.2, 0) is 24.9 Å². The standard InChI is InChI=1S/C28H24FN5O2/c1-32-16-21(13-31-32)19-7-8-20-17-34(27(35)23(20)11-19)26-14-30-24-10-9-22(29)12-25(24)33(28(26)36)15-18-5-3-2-4-6-18/h2-13,16,26,30H,14-15,17H2,1H3/t26-/m0/s1. The third-order valence-electron chi connectivity index (χ3n) is 6.83. The lowest BCUT2D eigenvalue weighted by Gasteiger charge is -2.30. The molecule has 7 nitrogen and oxygen atoms in total. The number of carbonyl (C=O) groups is 2. The summed E-state index contributed by atoms with van der Waals surface area (Å²) in [6, 6.07) is 19.0. The van der Waals surface area contributed by atoms with Gasteiger partial charge in [-0.3, -0.25) is 14.3 Å². The van der Waals surface area contributed by atoms with Crippen molar-refractivity contribution in [2.45, 2.75) is 19.1 Å². The fourth-order valence-corrected chi connectivity index (χ4v) is 4.97. The van der Waals surface area contributed by atoms with Gasteiger partial charge in [-0.2, -0.15) is 5.10 Å². The van der Waals surface area contributed by atoms with Crippen molar-refractivity contribution < 1.29 is 14.0 Å². The maximum atomic E-state index is 14.2. The number of nitrogens with one attached hydrogen (secondary N) is 1. The zero-order valence-electron chi connectivity index (χ0n) is 19.7. The molecular formula is C28H24FN5O2. The normalized spacial score (nSPS) is 17.0. The van der Waals surface area contributed by atoms with E-state index in [0.29, 0.717) is 23.5 Å². The molecule has 4 aromatic rings. The lowest BCUT2D eigenvalue weighted by molar-refractivity contribution is -0.122. The van der Waals surface area contributed by atoms with Gasteiger partial charge in [0.2, 0.25) is 0 Å². The summed E-state index contributed by atoms with van der Waals surface area (Å²) in [6.07, 6.45) is 3.66. The van der Waals surface area contributed by atoms with E-state index in [-0.39, 0.29) is 24.9 Å². The summed E-state index contributed by atoms with van der Waals surface area (Å²) in [5.41, 5.74) is 5.33. The molecule has 180 valence electrons. The topological polar surface area (TPSA) is 70.5 Å². The van der Waals surface area contributed by atoms with Gasteiger partial charge in [-0.05, 0) is 41.0 Å². The number of amides is 2. The predicted octanol–water partition coefficient (Wildman–Crippen LogP) is 4.21. The molecule has 2 amide bonds. The SMILES string of the molecule is Cn1cc(-c2ccc3c(c2)C(=O)N([C@H]2CNc4ccc(F)cc4N(Cc4ccccc4)C2=O)C3)cn1. The number of rotatable bonds is 4. The average molecular weight is 482 g/mol. The second kappa shape index (κ2) is 8.64. The molecule has 0 aliphatic carbocycles. The fourth-order valence-electron chi connectivity index (χ4n) is 4.97. The first kappa shape index (κ1) is 22.0. The molecule has 36 heavy (non-hydrogen) atoms. The van der Waals surface area contributed by atoms with Crippen molar-refractivity contribution >= 4 is 23.2 Å². The summed E-state index contributed by atoms with van der Waals surface area (Å²) in [6.45, 7) is 0.843. The first-order chi connectivity index (χ1) is 17.5. The van der Waals surface area contributed by atoms with Crippen molar-refractivity contribution in [3.05, 3.63) is 102 Å². The van der Waals surface area contributed by atoms with Gasteiger partial charge in [0, 0.05) is 37.5 Å². The molecule has 1 aromatic heterocycles. The number of nitrogens with zero attached hydrogens (tertiary/aromatic N) is 4. The quantitative estimate of drug-likeness (QED) is 0.474. The molecule has 0 fully saturated rings. The summed E-state index contributed by atoms with van der Waals surface area (Å²) in [5, 5.41) is 7.50. The van der Waals surface area contributed by atoms with Crippen LogP contribution in [0, 0.1) is 5.82 Å². The molecule has 0 saturated carbocycles. The summed E-state index contributed by atoms with van der Waals surface area (Å²) >= 11 is 0. The fraction of sp³-hybridized carbons (Fsp3) is 0.179. The van der Waals surface area contributed by atoms with Crippen LogP contribution in [-0.4, -0.2) is 39.1 Å². The number of halogens is 1. The van der Waals surface area contributed by atoms with Gasteiger partial charge in [0.25, 0.3) is 11.8 Å². The first-order valence-corrected chi connectivity index (χ1v) is 11.8. The largest absolute Gasteiger partial charge is 0.381 e. The van der Waals surface area contributed by atoms with E-state index in [2.05, 4.69) is 10.4 Å². The lowest BCUT2D eigenvalue weighted by atomic mass is 10.0. The molecule has 3 aromatic carbocycles. The zero-order chi connectivity index (χ0) is 24.8. The molecule has 6 rings (SSSR count). The Morgan fingerprint density at radius 1 is 1.03 bits per heavy atom. The number of carbonyl (C=O) groups excluding carboxylic acids is 2. The van der Waals surface area contributed by atoms with Gasteiger partial charge in [-0.25, -0.2) is 4.39 Å². The highest BCUT2D eigenvalue weighted by Gasteiger charge is 2.40. The molecule has 8 heteroatoms. The van der Waals surface area contributed by atoms with Crippen molar-refractivity contribution in [1.82, 2.24) is 14.7 Å². The van der Waals surface area contributed by atoms with E-state index in [9.17, 15) is 14.0 Å². The van der Waals surface area contributed by atoms with Crippen molar-refractivity contribution in [2.24, 2.45) is 7.05 Å². The Bertz CT molecular complexity index is 1480. The minimum absolute atomic E-state index is 0.187.